The van der Waals surface area contributed by atoms with Gasteiger partial charge in [0, 0.05) is 35.9 Å². The SMILES string of the molecule is O=C(N[C@@H]1CN2CCC1CC2)c1nsc2cc(-c3cccnc3)ccc12.O=CO. The minimum atomic E-state index is -0.250. The fourth-order valence-corrected chi connectivity index (χ4v) is 4.99. The zero-order valence-corrected chi connectivity index (χ0v) is 16.6. The Labute approximate surface area is 172 Å². The Morgan fingerprint density at radius 1 is 1.24 bits per heavy atom. The first-order valence-electron chi connectivity index (χ1n) is 9.60. The molecule has 0 unspecified atom stereocenters. The minimum Gasteiger partial charge on any atom is -0.483 e. The number of piperidine rings is 3. The lowest BCUT2D eigenvalue weighted by Crippen LogP contribution is -2.57. The van der Waals surface area contributed by atoms with Gasteiger partial charge in [0.2, 0.25) is 0 Å². The lowest BCUT2D eigenvalue weighted by atomic mass is 9.84. The first-order valence-corrected chi connectivity index (χ1v) is 10.4. The van der Waals surface area contributed by atoms with Crippen LogP contribution >= 0.6 is 11.5 Å². The van der Waals surface area contributed by atoms with Crippen LogP contribution in [0.3, 0.4) is 0 Å². The molecule has 2 aromatic heterocycles. The number of aromatic nitrogens is 2. The molecular weight excluding hydrogens is 388 g/mol. The number of hydrogen-bond donors (Lipinski definition) is 2. The fraction of sp³-hybridized carbons (Fsp3) is 0.333. The topological polar surface area (TPSA) is 95.4 Å². The van der Waals surface area contributed by atoms with Crippen LogP contribution in [-0.4, -0.2) is 57.4 Å². The Morgan fingerprint density at radius 3 is 2.69 bits per heavy atom. The summed E-state index contributed by atoms with van der Waals surface area (Å²) in [4.78, 5) is 27.8. The summed E-state index contributed by atoms with van der Waals surface area (Å²) in [6.45, 7) is 3.07. The highest BCUT2D eigenvalue weighted by atomic mass is 32.1. The van der Waals surface area contributed by atoms with Crippen molar-refractivity contribution in [2.75, 3.05) is 19.6 Å². The van der Waals surface area contributed by atoms with Crippen molar-refractivity contribution in [2.45, 2.75) is 18.9 Å². The number of nitrogens with one attached hydrogen (secondary N) is 1. The number of benzene rings is 1. The van der Waals surface area contributed by atoms with Crippen molar-refractivity contribution in [3.05, 3.63) is 48.4 Å². The van der Waals surface area contributed by atoms with E-state index in [1.807, 2.05) is 30.5 Å². The van der Waals surface area contributed by atoms with Crippen molar-refractivity contribution in [3.8, 4) is 11.1 Å². The Kier molecular flexibility index (Phi) is 5.82. The maximum atomic E-state index is 12.8. The van der Waals surface area contributed by atoms with Crippen LogP contribution < -0.4 is 5.32 Å². The number of carbonyl (C=O) groups excluding carboxylic acids is 1. The van der Waals surface area contributed by atoms with Gasteiger partial charge in [0.15, 0.2) is 0 Å². The van der Waals surface area contributed by atoms with E-state index >= 15 is 0 Å². The summed E-state index contributed by atoms with van der Waals surface area (Å²) in [6.07, 6.45) is 6.00. The molecule has 2 bridgehead atoms. The summed E-state index contributed by atoms with van der Waals surface area (Å²) in [7, 11) is 0. The van der Waals surface area contributed by atoms with Gasteiger partial charge in [0.05, 0.1) is 4.70 Å². The Bertz CT molecular complexity index is 1000. The molecule has 7 nitrogen and oxygen atoms in total. The standard InChI is InChI=1S/C20H20N4OS.CH2O2/c25-20(22-17-12-24-8-5-13(17)6-9-24)19-16-4-3-14(10-18(16)26-23-19)15-2-1-7-21-11-15;2-1-3/h1-4,7,10-11,13,17H,5-6,8-9,12H2,(H,22,25);1H,(H,2,3)/t17-;/m1./s1. The van der Waals surface area contributed by atoms with E-state index in [4.69, 9.17) is 9.90 Å². The second-order valence-electron chi connectivity index (χ2n) is 7.31. The molecule has 3 aliphatic rings. The molecule has 0 spiro atoms. The third-order valence-corrected chi connectivity index (χ3v) is 6.46. The average molecular weight is 410 g/mol. The molecule has 3 aliphatic heterocycles. The quantitative estimate of drug-likeness (QED) is 0.645. The number of amides is 1. The van der Waals surface area contributed by atoms with E-state index in [0.717, 1.165) is 27.8 Å². The largest absolute Gasteiger partial charge is 0.483 e. The summed E-state index contributed by atoms with van der Waals surface area (Å²) in [5.41, 5.74) is 2.72. The number of nitrogens with zero attached hydrogens (tertiary/aromatic N) is 3. The molecule has 0 aliphatic carbocycles. The second-order valence-corrected chi connectivity index (χ2v) is 8.11. The van der Waals surface area contributed by atoms with Gasteiger partial charge in [-0.25, -0.2) is 0 Å². The predicted octanol–water partition coefficient (Wildman–Crippen LogP) is 2.88. The van der Waals surface area contributed by atoms with E-state index in [9.17, 15) is 4.79 Å². The van der Waals surface area contributed by atoms with Crippen molar-refractivity contribution >= 4 is 34.0 Å². The second kappa shape index (κ2) is 8.67. The van der Waals surface area contributed by atoms with Crippen molar-refractivity contribution in [1.82, 2.24) is 19.6 Å². The van der Waals surface area contributed by atoms with E-state index in [2.05, 4.69) is 25.6 Å². The van der Waals surface area contributed by atoms with Crippen LogP contribution in [-0.2, 0) is 4.79 Å². The highest BCUT2D eigenvalue weighted by molar-refractivity contribution is 7.13. The van der Waals surface area contributed by atoms with E-state index in [0.29, 0.717) is 11.6 Å². The van der Waals surface area contributed by atoms with Crippen LogP contribution in [0.5, 0.6) is 0 Å². The van der Waals surface area contributed by atoms with Crippen molar-refractivity contribution < 1.29 is 14.7 Å². The van der Waals surface area contributed by atoms with Crippen LogP contribution in [0.1, 0.15) is 23.3 Å². The smallest absolute Gasteiger partial charge is 0.290 e. The van der Waals surface area contributed by atoms with Gasteiger partial charge in [-0.05, 0) is 61.1 Å². The lowest BCUT2D eigenvalue weighted by molar-refractivity contribution is -0.122. The zero-order chi connectivity index (χ0) is 20.2. The summed E-state index contributed by atoms with van der Waals surface area (Å²) in [5, 5.41) is 11.1. The molecule has 1 atom stereocenters. The first-order chi connectivity index (χ1) is 14.2. The molecule has 2 N–H and O–H groups in total. The lowest BCUT2D eigenvalue weighted by Gasteiger charge is -2.44. The number of pyridine rings is 1. The van der Waals surface area contributed by atoms with Gasteiger partial charge < -0.3 is 15.3 Å². The number of carboxylic acid groups (broad SMARTS) is 1. The molecule has 29 heavy (non-hydrogen) atoms. The van der Waals surface area contributed by atoms with Gasteiger partial charge in [0.1, 0.15) is 5.69 Å². The summed E-state index contributed by atoms with van der Waals surface area (Å²) < 4.78 is 5.49. The van der Waals surface area contributed by atoms with E-state index in [1.54, 1.807) is 6.20 Å². The molecule has 6 rings (SSSR count). The molecule has 3 aromatic rings. The summed E-state index contributed by atoms with van der Waals surface area (Å²) >= 11 is 1.39. The number of rotatable bonds is 3. The van der Waals surface area contributed by atoms with Crippen molar-refractivity contribution in [2.24, 2.45) is 5.92 Å². The molecule has 8 heteroatoms. The molecule has 3 saturated heterocycles. The van der Waals surface area contributed by atoms with Gasteiger partial charge >= 0.3 is 0 Å². The number of hydrogen-bond acceptors (Lipinski definition) is 6. The van der Waals surface area contributed by atoms with Crippen LogP contribution in [0.15, 0.2) is 42.7 Å². The monoisotopic (exact) mass is 410 g/mol. The van der Waals surface area contributed by atoms with Gasteiger partial charge in [-0.2, -0.15) is 4.37 Å². The van der Waals surface area contributed by atoms with Crippen LogP contribution in [0, 0.1) is 5.92 Å². The maximum Gasteiger partial charge on any atom is 0.290 e. The fourth-order valence-electron chi connectivity index (χ4n) is 4.18. The number of fused-ring (bicyclic) bond motifs is 4. The molecular formula is C21H22N4O3S. The minimum absolute atomic E-state index is 0.0378. The van der Waals surface area contributed by atoms with E-state index in [1.165, 1.54) is 37.5 Å². The van der Waals surface area contributed by atoms with Crippen LogP contribution in [0.4, 0.5) is 0 Å². The first kappa shape index (κ1) is 19.5. The van der Waals surface area contributed by atoms with E-state index < -0.39 is 0 Å². The zero-order valence-electron chi connectivity index (χ0n) is 15.8. The Balaban J connectivity index is 0.000000645. The van der Waals surface area contributed by atoms with Gasteiger partial charge in [-0.1, -0.05) is 18.2 Å². The summed E-state index contributed by atoms with van der Waals surface area (Å²) in [5.74, 6) is 0.579. The van der Waals surface area contributed by atoms with E-state index in [-0.39, 0.29) is 18.4 Å². The molecule has 0 saturated carbocycles. The molecule has 150 valence electrons. The predicted molar refractivity (Wildman–Crippen MR) is 112 cm³/mol. The van der Waals surface area contributed by atoms with Gasteiger partial charge in [0.25, 0.3) is 12.4 Å². The molecule has 1 amide bonds. The average Bonchev–Trinajstić information content (AvgIpc) is 3.19. The Morgan fingerprint density at radius 2 is 2.03 bits per heavy atom. The van der Waals surface area contributed by atoms with Crippen molar-refractivity contribution in [1.29, 1.82) is 0 Å². The highest BCUT2D eigenvalue weighted by Crippen LogP contribution is 2.30. The maximum absolute atomic E-state index is 12.8. The normalized spacial score (nSPS) is 22.6. The van der Waals surface area contributed by atoms with Gasteiger partial charge in [-0.3, -0.25) is 14.6 Å². The van der Waals surface area contributed by atoms with Crippen molar-refractivity contribution in [3.63, 3.8) is 0 Å². The summed E-state index contributed by atoms with van der Waals surface area (Å²) in [6, 6.07) is 10.4. The molecule has 5 heterocycles. The molecule has 3 fully saturated rings. The third-order valence-electron chi connectivity index (χ3n) is 5.65. The molecule has 0 radical (unpaired) electrons. The Hall–Kier alpha value is -2.84. The van der Waals surface area contributed by atoms with Crippen LogP contribution in [0.25, 0.3) is 21.2 Å². The van der Waals surface area contributed by atoms with Crippen LogP contribution in [0.2, 0.25) is 0 Å². The number of carbonyl (C=O) groups is 2. The third kappa shape index (κ3) is 4.13. The molecule has 1 aromatic carbocycles. The van der Waals surface area contributed by atoms with Gasteiger partial charge in [-0.15, -0.1) is 0 Å². The highest BCUT2D eigenvalue weighted by Gasteiger charge is 2.35.